The average Bonchev–Trinajstić information content (AvgIpc) is 3.00. The lowest BCUT2D eigenvalue weighted by atomic mass is 10.2. The van der Waals surface area contributed by atoms with Crippen molar-refractivity contribution >= 4 is 23.1 Å². The second-order valence-electron chi connectivity index (χ2n) is 4.81. The predicted molar refractivity (Wildman–Crippen MR) is 86.2 cm³/mol. The second kappa shape index (κ2) is 6.26. The first kappa shape index (κ1) is 15.3. The summed E-state index contributed by atoms with van der Waals surface area (Å²) >= 11 is 0. The maximum Gasteiger partial charge on any atom is 0.343 e. The number of aromatic amines is 1. The SMILES string of the molecule is CCOC(=O)c1c[nH]n2c(=O)c(C#N)c(Nc3ccccc3)nc12. The van der Waals surface area contributed by atoms with Crippen molar-refractivity contribution in [2.45, 2.75) is 6.92 Å². The highest BCUT2D eigenvalue weighted by Gasteiger charge is 2.20. The van der Waals surface area contributed by atoms with Crippen LogP contribution in [0.15, 0.2) is 41.3 Å². The summed E-state index contributed by atoms with van der Waals surface area (Å²) < 4.78 is 5.99. The maximum atomic E-state index is 12.4. The number of ether oxygens (including phenoxy) is 1. The van der Waals surface area contributed by atoms with Crippen molar-refractivity contribution in [1.82, 2.24) is 14.6 Å². The lowest BCUT2D eigenvalue weighted by Crippen LogP contribution is -2.21. The number of para-hydroxylation sites is 1. The molecule has 24 heavy (non-hydrogen) atoms. The summed E-state index contributed by atoms with van der Waals surface area (Å²) in [7, 11) is 0. The standard InChI is InChI=1S/C16H13N5O3/c1-2-24-16(23)12-9-18-21-14(12)20-13(11(8-17)15(21)22)19-10-6-4-3-5-7-10/h3-7,9,18-19H,2H2,1H3. The van der Waals surface area contributed by atoms with Crippen LogP contribution in [-0.2, 0) is 4.74 Å². The third kappa shape index (κ3) is 2.59. The Morgan fingerprint density at radius 1 is 1.42 bits per heavy atom. The number of benzene rings is 1. The number of carbonyl (C=O) groups is 1. The number of anilines is 2. The van der Waals surface area contributed by atoms with Gasteiger partial charge < -0.3 is 10.1 Å². The van der Waals surface area contributed by atoms with Crippen LogP contribution in [0.1, 0.15) is 22.8 Å². The average molecular weight is 323 g/mol. The van der Waals surface area contributed by atoms with E-state index in [2.05, 4.69) is 15.4 Å². The maximum absolute atomic E-state index is 12.4. The fourth-order valence-corrected chi connectivity index (χ4v) is 2.22. The third-order valence-corrected chi connectivity index (χ3v) is 3.31. The molecule has 8 heteroatoms. The van der Waals surface area contributed by atoms with E-state index in [4.69, 9.17) is 4.74 Å². The summed E-state index contributed by atoms with van der Waals surface area (Å²) in [6.45, 7) is 1.88. The Labute approximate surface area is 136 Å². The molecule has 2 aromatic heterocycles. The number of nitrogens with zero attached hydrogens (tertiary/aromatic N) is 3. The van der Waals surface area contributed by atoms with Gasteiger partial charge in [-0.2, -0.15) is 9.78 Å². The third-order valence-electron chi connectivity index (χ3n) is 3.31. The molecule has 0 radical (unpaired) electrons. The Balaban J connectivity index is 2.18. The van der Waals surface area contributed by atoms with Crippen LogP contribution in [0.5, 0.6) is 0 Å². The van der Waals surface area contributed by atoms with E-state index in [1.807, 2.05) is 12.1 Å². The van der Waals surface area contributed by atoms with Crippen molar-refractivity contribution in [1.29, 1.82) is 5.26 Å². The van der Waals surface area contributed by atoms with Crippen LogP contribution >= 0.6 is 0 Å². The monoisotopic (exact) mass is 323 g/mol. The van der Waals surface area contributed by atoms with E-state index in [1.165, 1.54) is 6.20 Å². The van der Waals surface area contributed by atoms with Crippen LogP contribution in [0.25, 0.3) is 5.65 Å². The number of hydrogen-bond acceptors (Lipinski definition) is 6. The van der Waals surface area contributed by atoms with Gasteiger partial charge in [-0.1, -0.05) is 18.2 Å². The van der Waals surface area contributed by atoms with Gasteiger partial charge in [0, 0.05) is 11.9 Å². The topological polar surface area (TPSA) is 112 Å². The largest absolute Gasteiger partial charge is 0.462 e. The number of nitrogens with one attached hydrogen (secondary N) is 2. The summed E-state index contributed by atoms with van der Waals surface area (Å²) in [6, 6.07) is 10.8. The molecule has 0 aliphatic rings. The quantitative estimate of drug-likeness (QED) is 0.708. The molecule has 0 aliphatic heterocycles. The van der Waals surface area contributed by atoms with Crippen LogP contribution in [-0.4, -0.2) is 27.2 Å². The van der Waals surface area contributed by atoms with Gasteiger partial charge in [0.05, 0.1) is 6.61 Å². The molecule has 120 valence electrons. The zero-order valence-corrected chi connectivity index (χ0v) is 12.7. The first-order chi connectivity index (χ1) is 11.7. The molecule has 2 N–H and O–H groups in total. The molecular weight excluding hydrogens is 310 g/mol. The summed E-state index contributed by atoms with van der Waals surface area (Å²) in [5.41, 5.74) is 0.119. The zero-order chi connectivity index (χ0) is 17.1. The molecule has 0 saturated heterocycles. The number of fused-ring (bicyclic) bond motifs is 1. The lowest BCUT2D eigenvalue weighted by molar-refractivity contribution is 0.0528. The minimum absolute atomic E-state index is 0.0823. The molecule has 0 amide bonds. The normalized spacial score (nSPS) is 10.3. The van der Waals surface area contributed by atoms with E-state index in [0.717, 1.165) is 4.52 Å². The van der Waals surface area contributed by atoms with E-state index >= 15 is 0 Å². The van der Waals surface area contributed by atoms with Crippen molar-refractivity contribution in [3.63, 3.8) is 0 Å². The van der Waals surface area contributed by atoms with Gasteiger partial charge in [0.25, 0.3) is 5.56 Å². The van der Waals surface area contributed by atoms with E-state index in [1.54, 1.807) is 31.2 Å². The van der Waals surface area contributed by atoms with Crippen molar-refractivity contribution < 1.29 is 9.53 Å². The smallest absolute Gasteiger partial charge is 0.343 e. The second-order valence-corrected chi connectivity index (χ2v) is 4.81. The summed E-state index contributed by atoms with van der Waals surface area (Å²) in [4.78, 5) is 28.7. The van der Waals surface area contributed by atoms with Gasteiger partial charge in [-0.15, -0.1) is 0 Å². The Kier molecular flexibility index (Phi) is 3.99. The molecule has 0 bridgehead atoms. The molecule has 3 aromatic rings. The van der Waals surface area contributed by atoms with Crippen LogP contribution < -0.4 is 10.9 Å². The number of H-pyrrole nitrogens is 1. The van der Waals surface area contributed by atoms with E-state index < -0.39 is 11.5 Å². The van der Waals surface area contributed by atoms with Gasteiger partial charge in [0.15, 0.2) is 17.0 Å². The molecule has 2 heterocycles. The number of hydrogen-bond donors (Lipinski definition) is 2. The fraction of sp³-hybridized carbons (Fsp3) is 0.125. The van der Waals surface area contributed by atoms with Crippen molar-refractivity contribution in [2.75, 3.05) is 11.9 Å². The molecule has 3 rings (SSSR count). The predicted octanol–water partition coefficient (Wildman–Crippen LogP) is 1.81. The van der Waals surface area contributed by atoms with Gasteiger partial charge in [-0.3, -0.25) is 9.89 Å². The van der Waals surface area contributed by atoms with E-state index in [9.17, 15) is 14.9 Å². The van der Waals surface area contributed by atoms with Crippen molar-refractivity contribution in [3.05, 3.63) is 58.0 Å². The van der Waals surface area contributed by atoms with Crippen LogP contribution in [0.2, 0.25) is 0 Å². The minimum Gasteiger partial charge on any atom is -0.462 e. The first-order valence-corrected chi connectivity index (χ1v) is 7.19. The highest BCUT2D eigenvalue weighted by molar-refractivity contribution is 5.95. The molecular formula is C16H13N5O3. The highest BCUT2D eigenvalue weighted by Crippen LogP contribution is 2.18. The number of nitriles is 1. The van der Waals surface area contributed by atoms with Gasteiger partial charge in [-0.25, -0.2) is 9.78 Å². The molecule has 0 atom stereocenters. The van der Waals surface area contributed by atoms with Gasteiger partial charge in [0.2, 0.25) is 0 Å². The molecule has 0 saturated carbocycles. The molecule has 0 fully saturated rings. The number of carbonyl (C=O) groups excluding carboxylic acids is 1. The Hall–Kier alpha value is -3.60. The van der Waals surface area contributed by atoms with Crippen molar-refractivity contribution in [3.8, 4) is 6.07 Å². The summed E-state index contributed by atoms with van der Waals surface area (Å²) in [5, 5.41) is 14.8. The number of aromatic nitrogens is 3. The molecule has 8 nitrogen and oxygen atoms in total. The summed E-state index contributed by atoms with van der Waals surface area (Å²) in [6.07, 6.45) is 1.33. The Bertz CT molecular complexity index is 998. The Morgan fingerprint density at radius 2 is 2.17 bits per heavy atom. The molecule has 0 aliphatic carbocycles. The highest BCUT2D eigenvalue weighted by atomic mass is 16.5. The minimum atomic E-state index is -0.600. The van der Waals surface area contributed by atoms with Crippen LogP contribution in [0.3, 0.4) is 0 Å². The number of esters is 1. The Morgan fingerprint density at radius 3 is 2.83 bits per heavy atom. The van der Waals surface area contributed by atoms with E-state index in [0.29, 0.717) is 5.69 Å². The first-order valence-electron chi connectivity index (χ1n) is 7.19. The molecule has 1 aromatic carbocycles. The molecule has 0 unspecified atom stereocenters. The van der Waals surface area contributed by atoms with Gasteiger partial charge in [0.1, 0.15) is 11.6 Å². The fourth-order valence-electron chi connectivity index (χ4n) is 2.22. The van der Waals surface area contributed by atoms with Crippen molar-refractivity contribution in [2.24, 2.45) is 0 Å². The zero-order valence-electron chi connectivity index (χ0n) is 12.7. The van der Waals surface area contributed by atoms with Crippen LogP contribution in [0, 0.1) is 11.3 Å². The number of rotatable bonds is 4. The van der Waals surface area contributed by atoms with E-state index in [-0.39, 0.29) is 29.2 Å². The molecule has 0 spiro atoms. The van der Waals surface area contributed by atoms with Gasteiger partial charge in [-0.05, 0) is 19.1 Å². The van der Waals surface area contributed by atoms with Crippen LogP contribution in [0.4, 0.5) is 11.5 Å². The summed E-state index contributed by atoms with van der Waals surface area (Å²) in [5.74, 6) is -0.516. The lowest BCUT2D eigenvalue weighted by Gasteiger charge is -2.07. The van der Waals surface area contributed by atoms with Gasteiger partial charge >= 0.3 is 5.97 Å².